The molecule has 1 heterocycles. The number of aliphatic hydroxyl groups excluding tert-OH is 1. The maximum Gasteiger partial charge on any atom is 0.244 e. The second kappa shape index (κ2) is 6.10. The van der Waals surface area contributed by atoms with E-state index < -0.39 is 16.1 Å². The monoisotopic (exact) mass is 263 g/mol. The normalized spacial score (nSPS) is 13.8. The first-order valence-electron chi connectivity index (χ1n) is 5.13. The van der Waals surface area contributed by atoms with Crippen molar-refractivity contribution in [1.29, 1.82) is 0 Å². The van der Waals surface area contributed by atoms with Crippen molar-refractivity contribution in [3.8, 4) is 0 Å². The number of aromatic nitrogens is 2. The number of hydrogen-bond acceptors (Lipinski definition) is 5. The molecule has 7 nitrogen and oxygen atoms in total. The Kier molecular flexibility index (Phi) is 5.06. The van der Waals surface area contributed by atoms with Crippen LogP contribution >= 0.6 is 0 Å². The zero-order valence-corrected chi connectivity index (χ0v) is 10.6. The number of nitrogens with zero attached hydrogens (tertiary/aromatic N) is 1. The summed E-state index contributed by atoms with van der Waals surface area (Å²) in [7, 11) is -2.15. The van der Waals surface area contributed by atoms with Gasteiger partial charge in [0, 0.05) is 19.8 Å². The topological polar surface area (TPSA) is 104 Å². The predicted molar refractivity (Wildman–Crippen MR) is 61.0 cm³/mol. The number of aromatic amines is 1. The van der Waals surface area contributed by atoms with Gasteiger partial charge in [-0.1, -0.05) is 0 Å². The van der Waals surface area contributed by atoms with Gasteiger partial charge in [-0.2, -0.15) is 5.10 Å². The number of aryl methyl sites for hydroxylation is 1. The van der Waals surface area contributed by atoms with Crippen molar-refractivity contribution in [1.82, 2.24) is 14.9 Å². The van der Waals surface area contributed by atoms with Crippen molar-refractivity contribution < 1.29 is 18.3 Å². The summed E-state index contributed by atoms with van der Waals surface area (Å²) >= 11 is 0. The van der Waals surface area contributed by atoms with Gasteiger partial charge in [0.05, 0.1) is 18.5 Å². The Bertz CT molecular complexity index is 437. The molecule has 1 rings (SSSR count). The minimum atomic E-state index is -3.63. The molecule has 1 aromatic heterocycles. The first-order valence-corrected chi connectivity index (χ1v) is 6.61. The lowest BCUT2D eigenvalue weighted by Crippen LogP contribution is -2.38. The molecule has 0 spiro atoms. The number of aliphatic hydroxyl groups is 1. The van der Waals surface area contributed by atoms with Gasteiger partial charge in [0.2, 0.25) is 10.0 Å². The second-order valence-electron chi connectivity index (χ2n) is 3.65. The molecule has 8 heteroatoms. The molecule has 0 saturated heterocycles. The summed E-state index contributed by atoms with van der Waals surface area (Å²) in [4.78, 5) is 0.108. The van der Waals surface area contributed by atoms with E-state index in [-0.39, 0.29) is 18.1 Å². The number of ether oxygens (including phenoxy) is 1. The van der Waals surface area contributed by atoms with E-state index in [1.165, 1.54) is 13.3 Å². The lowest BCUT2D eigenvalue weighted by atomic mass is 10.2. The molecule has 1 aromatic rings. The third-order valence-corrected chi connectivity index (χ3v) is 3.87. The van der Waals surface area contributed by atoms with E-state index >= 15 is 0 Å². The quantitative estimate of drug-likeness (QED) is 0.609. The lowest BCUT2D eigenvalue weighted by Gasteiger charge is -2.16. The number of methoxy groups -OCH3 is 1. The van der Waals surface area contributed by atoms with Crippen molar-refractivity contribution in [3.63, 3.8) is 0 Å². The van der Waals surface area contributed by atoms with Gasteiger partial charge in [-0.05, 0) is 13.3 Å². The largest absolute Gasteiger partial charge is 0.396 e. The fourth-order valence-electron chi connectivity index (χ4n) is 1.43. The number of H-pyrrole nitrogens is 1. The van der Waals surface area contributed by atoms with E-state index in [2.05, 4.69) is 14.9 Å². The molecule has 0 amide bonds. The van der Waals surface area contributed by atoms with Crippen LogP contribution in [-0.2, 0) is 14.8 Å². The van der Waals surface area contributed by atoms with Crippen molar-refractivity contribution in [2.24, 2.45) is 0 Å². The highest BCUT2D eigenvalue weighted by atomic mass is 32.2. The summed E-state index contributed by atoms with van der Waals surface area (Å²) in [5.41, 5.74) is 0.470. The Hall–Kier alpha value is -0.960. The van der Waals surface area contributed by atoms with Crippen LogP contribution in [0.15, 0.2) is 11.1 Å². The molecule has 3 N–H and O–H groups in total. The van der Waals surface area contributed by atoms with Crippen LogP contribution in [0.1, 0.15) is 12.1 Å². The summed E-state index contributed by atoms with van der Waals surface area (Å²) < 4.78 is 31.3. The van der Waals surface area contributed by atoms with Gasteiger partial charge in [0.25, 0.3) is 0 Å². The number of nitrogens with one attached hydrogen (secondary N) is 2. The van der Waals surface area contributed by atoms with Crippen molar-refractivity contribution >= 4 is 10.0 Å². The molecule has 0 aliphatic heterocycles. The van der Waals surface area contributed by atoms with Crippen LogP contribution in [-0.4, -0.2) is 50.1 Å². The molecule has 0 aliphatic rings. The molecule has 0 fully saturated rings. The molecule has 98 valence electrons. The van der Waals surface area contributed by atoms with Crippen molar-refractivity contribution in [2.75, 3.05) is 20.3 Å². The van der Waals surface area contributed by atoms with Crippen LogP contribution < -0.4 is 4.72 Å². The summed E-state index contributed by atoms with van der Waals surface area (Å²) in [5.74, 6) is 0. The van der Waals surface area contributed by atoms with Gasteiger partial charge in [-0.15, -0.1) is 0 Å². The molecule has 17 heavy (non-hydrogen) atoms. The minimum absolute atomic E-state index is 0.108. The number of rotatable bonds is 7. The van der Waals surface area contributed by atoms with Gasteiger partial charge < -0.3 is 9.84 Å². The minimum Gasteiger partial charge on any atom is -0.396 e. The van der Waals surface area contributed by atoms with E-state index in [0.29, 0.717) is 12.1 Å². The van der Waals surface area contributed by atoms with E-state index in [0.717, 1.165) is 0 Å². The van der Waals surface area contributed by atoms with Gasteiger partial charge in [0.15, 0.2) is 0 Å². The van der Waals surface area contributed by atoms with Crippen LogP contribution in [0.5, 0.6) is 0 Å². The molecule has 0 bridgehead atoms. The van der Waals surface area contributed by atoms with Gasteiger partial charge in [-0.25, -0.2) is 13.1 Å². The average Bonchev–Trinajstić information content (AvgIpc) is 2.65. The van der Waals surface area contributed by atoms with Crippen LogP contribution in [0.25, 0.3) is 0 Å². The number of sulfonamides is 1. The third-order valence-electron chi connectivity index (χ3n) is 2.24. The highest BCUT2D eigenvalue weighted by Crippen LogP contribution is 2.12. The Morgan fingerprint density at radius 1 is 1.65 bits per heavy atom. The standard InChI is InChI=1S/C9H17N3O4S/c1-7-9(5-10-11-7)17(14,15)12-8(3-4-13)6-16-2/h5,8,12-13H,3-4,6H2,1-2H3,(H,10,11). The molecule has 0 radical (unpaired) electrons. The fraction of sp³-hybridized carbons (Fsp3) is 0.667. The fourth-order valence-corrected chi connectivity index (χ4v) is 2.82. The first-order chi connectivity index (χ1) is 8.01. The van der Waals surface area contributed by atoms with E-state index in [1.807, 2.05) is 0 Å². The first kappa shape index (κ1) is 14.1. The SMILES string of the molecule is COCC(CCO)NS(=O)(=O)c1cn[nH]c1C. The van der Waals surface area contributed by atoms with Crippen molar-refractivity contribution in [2.45, 2.75) is 24.3 Å². The Balaban J connectivity index is 2.81. The van der Waals surface area contributed by atoms with Crippen LogP contribution in [0.2, 0.25) is 0 Å². The molecular formula is C9H17N3O4S. The third kappa shape index (κ3) is 3.77. The van der Waals surface area contributed by atoms with Crippen LogP contribution in [0.4, 0.5) is 0 Å². The van der Waals surface area contributed by atoms with E-state index in [1.54, 1.807) is 6.92 Å². The van der Waals surface area contributed by atoms with Crippen molar-refractivity contribution in [3.05, 3.63) is 11.9 Å². The molecule has 0 aromatic carbocycles. The smallest absolute Gasteiger partial charge is 0.244 e. The zero-order chi connectivity index (χ0) is 12.9. The maximum atomic E-state index is 12.0. The van der Waals surface area contributed by atoms with Crippen LogP contribution in [0, 0.1) is 6.92 Å². The summed E-state index contributed by atoms with van der Waals surface area (Å²) in [6.45, 7) is 1.72. The highest BCUT2D eigenvalue weighted by molar-refractivity contribution is 7.89. The average molecular weight is 263 g/mol. The highest BCUT2D eigenvalue weighted by Gasteiger charge is 2.22. The van der Waals surface area contributed by atoms with Gasteiger partial charge in [-0.3, -0.25) is 5.10 Å². The summed E-state index contributed by atoms with van der Waals surface area (Å²) in [6.07, 6.45) is 1.55. The Morgan fingerprint density at radius 3 is 2.82 bits per heavy atom. The van der Waals surface area contributed by atoms with Gasteiger partial charge >= 0.3 is 0 Å². The summed E-state index contributed by atoms with van der Waals surface area (Å²) in [5, 5.41) is 15.1. The molecule has 1 atom stereocenters. The number of hydrogen-bond donors (Lipinski definition) is 3. The zero-order valence-electron chi connectivity index (χ0n) is 9.80. The Labute approximate surface area is 100 Å². The summed E-state index contributed by atoms with van der Waals surface area (Å²) in [6, 6.07) is -0.454. The Morgan fingerprint density at radius 2 is 2.35 bits per heavy atom. The molecule has 0 saturated carbocycles. The van der Waals surface area contributed by atoms with E-state index in [4.69, 9.17) is 9.84 Å². The second-order valence-corrected chi connectivity index (χ2v) is 5.33. The van der Waals surface area contributed by atoms with Crippen LogP contribution in [0.3, 0.4) is 0 Å². The predicted octanol–water partition coefficient (Wildman–Crippen LogP) is -0.606. The molecule has 1 unspecified atom stereocenters. The van der Waals surface area contributed by atoms with Gasteiger partial charge in [0.1, 0.15) is 4.90 Å². The molecule has 0 aliphatic carbocycles. The van der Waals surface area contributed by atoms with E-state index in [9.17, 15) is 8.42 Å². The lowest BCUT2D eigenvalue weighted by molar-refractivity contribution is 0.158. The molecular weight excluding hydrogens is 246 g/mol. The maximum absolute atomic E-state index is 12.0.